The van der Waals surface area contributed by atoms with E-state index in [1.807, 2.05) is 20.8 Å². The molecule has 1 aliphatic rings. The van der Waals surface area contributed by atoms with Crippen LogP contribution in [0.4, 0.5) is 33.3 Å². The smallest absolute Gasteiger partial charge is 0.416 e. The van der Waals surface area contributed by atoms with Gasteiger partial charge in [0.05, 0.1) is 23.5 Å². The summed E-state index contributed by atoms with van der Waals surface area (Å²) < 4.78 is 74.1. The number of alkyl halides is 3. The van der Waals surface area contributed by atoms with Crippen LogP contribution in [0.1, 0.15) is 50.8 Å². The molecule has 1 aliphatic heterocycles. The van der Waals surface area contributed by atoms with Crippen molar-refractivity contribution in [2.45, 2.75) is 59.9 Å². The third kappa shape index (κ3) is 5.48. The lowest BCUT2D eigenvalue weighted by molar-refractivity contribution is -0.137. The fourth-order valence-electron chi connectivity index (χ4n) is 3.69. The minimum absolute atomic E-state index is 0.0234. The molecule has 5 nitrogen and oxygen atoms in total. The first-order valence-corrected chi connectivity index (χ1v) is 10.5. The van der Waals surface area contributed by atoms with Gasteiger partial charge < -0.3 is 15.0 Å². The molecule has 3 rings (SSSR count). The Labute approximate surface area is 193 Å². The number of hydrogen-bond donors (Lipinski definition) is 1. The Kier molecular flexibility index (Phi) is 6.65. The molecule has 10 heteroatoms. The maximum atomic E-state index is 15.4. The molecule has 184 valence electrons. The number of fused-ring (bicyclic) bond motifs is 1. The second-order valence-electron chi connectivity index (χ2n) is 9.55. The fourth-order valence-corrected chi connectivity index (χ4v) is 3.69. The van der Waals surface area contributed by atoms with E-state index in [-0.39, 0.29) is 40.1 Å². The molecule has 2 aromatic carbocycles. The first-order valence-electron chi connectivity index (χ1n) is 10.5. The van der Waals surface area contributed by atoms with Crippen LogP contribution in [0.3, 0.4) is 0 Å². The van der Waals surface area contributed by atoms with E-state index in [9.17, 15) is 27.2 Å². The number of amides is 2. The Morgan fingerprint density at radius 3 is 2.35 bits per heavy atom. The third-order valence-electron chi connectivity index (χ3n) is 5.18. The maximum Gasteiger partial charge on any atom is 0.416 e. The number of halogens is 5. The quantitative estimate of drug-likeness (QED) is 0.543. The van der Waals surface area contributed by atoms with E-state index in [1.54, 1.807) is 0 Å². The average molecular weight is 484 g/mol. The van der Waals surface area contributed by atoms with Crippen LogP contribution < -0.4 is 15.0 Å². The Morgan fingerprint density at radius 2 is 1.76 bits per heavy atom. The average Bonchev–Trinajstić information content (AvgIpc) is 2.67. The molecule has 34 heavy (non-hydrogen) atoms. The highest BCUT2D eigenvalue weighted by Crippen LogP contribution is 2.42. The predicted molar refractivity (Wildman–Crippen MR) is 117 cm³/mol. The van der Waals surface area contributed by atoms with Gasteiger partial charge in [-0.15, -0.1) is 0 Å². The van der Waals surface area contributed by atoms with Gasteiger partial charge >= 0.3 is 6.18 Å². The van der Waals surface area contributed by atoms with Crippen LogP contribution in [0.25, 0.3) is 0 Å². The van der Waals surface area contributed by atoms with Crippen LogP contribution in [-0.2, 0) is 22.3 Å². The van der Waals surface area contributed by atoms with E-state index in [1.165, 1.54) is 19.9 Å². The number of nitrogens with zero attached hydrogens (tertiary/aromatic N) is 1. The molecule has 1 heterocycles. The predicted octanol–water partition coefficient (Wildman–Crippen LogP) is 5.98. The molecule has 0 spiro atoms. The first kappa shape index (κ1) is 25.5. The molecule has 0 aromatic heterocycles. The van der Waals surface area contributed by atoms with E-state index in [2.05, 4.69) is 5.32 Å². The van der Waals surface area contributed by atoms with E-state index in [4.69, 9.17) is 4.74 Å². The molecule has 0 saturated carbocycles. The van der Waals surface area contributed by atoms with Gasteiger partial charge in [0.15, 0.2) is 17.7 Å². The number of carbonyl (C=O) groups is 2. The summed E-state index contributed by atoms with van der Waals surface area (Å²) in [6.07, 6.45) is -5.80. The highest BCUT2D eigenvalue weighted by molar-refractivity contribution is 6.01. The zero-order valence-electron chi connectivity index (χ0n) is 19.4. The number of rotatable bonds is 4. The summed E-state index contributed by atoms with van der Waals surface area (Å²) in [5.74, 6) is -3.38. The van der Waals surface area contributed by atoms with Crippen LogP contribution in [0, 0.1) is 24.0 Å². The van der Waals surface area contributed by atoms with Crippen LogP contribution in [0.15, 0.2) is 24.3 Å². The summed E-state index contributed by atoms with van der Waals surface area (Å²) in [4.78, 5) is 26.2. The van der Waals surface area contributed by atoms with Gasteiger partial charge in [-0.1, -0.05) is 20.8 Å². The van der Waals surface area contributed by atoms with Gasteiger partial charge in [-0.05, 0) is 54.7 Å². The number of benzene rings is 2. The van der Waals surface area contributed by atoms with Crippen molar-refractivity contribution in [1.82, 2.24) is 0 Å². The number of nitrogens with one attached hydrogen (secondary N) is 1. The lowest BCUT2D eigenvalue weighted by Crippen LogP contribution is -2.44. The zero-order chi connectivity index (χ0) is 25.6. The zero-order valence-corrected chi connectivity index (χ0v) is 19.4. The Morgan fingerprint density at radius 1 is 1.12 bits per heavy atom. The number of hydrogen-bond acceptors (Lipinski definition) is 3. The van der Waals surface area contributed by atoms with Gasteiger partial charge in [0, 0.05) is 6.42 Å². The normalized spacial score (nSPS) is 16.2. The molecular weight excluding hydrogens is 459 g/mol. The number of ether oxygens (including phenoxy) is 1. The topological polar surface area (TPSA) is 58.6 Å². The molecule has 0 fully saturated rings. The van der Waals surface area contributed by atoms with Crippen LogP contribution in [0.2, 0.25) is 0 Å². The molecule has 2 amide bonds. The lowest BCUT2D eigenvalue weighted by Gasteiger charge is -2.34. The van der Waals surface area contributed by atoms with Crippen molar-refractivity contribution in [3.63, 3.8) is 0 Å². The van der Waals surface area contributed by atoms with Gasteiger partial charge in [-0.2, -0.15) is 13.2 Å². The van der Waals surface area contributed by atoms with Gasteiger partial charge in [-0.3, -0.25) is 9.59 Å². The monoisotopic (exact) mass is 484 g/mol. The first-order chi connectivity index (χ1) is 15.6. The molecule has 0 radical (unpaired) electrons. The fraction of sp³-hybridized carbons (Fsp3) is 0.417. The molecule has 0 saturated heterocycles. The largest absolute Gasteiger partial charge is 0.476 e. The van der Waals surface area contributed by atoms with Crippen LogP contribution in [-0.4, -0.2) is 17.9 Å². The number of carbonyl (C=O) groups excluding carboxylic acids is 2. The van der Waals surface area contributed by atoms with E-state index in [0.29, 0.717) is 6.07 Å². The number of aryl methyl sites for hydroxylation is 1. The Balaban J connectivity index is 2.02. The number of anilines is 2. The van der Waals surface area contributed by atoms with Gasteiger partial charge in [0.25, 0.3) is 5.91 Å². The summed E-state index contributed by atoms with van der Waals surface area (Å²) in [7, 11) is 0. The van der Waals surface area contributed by atoms with Gasteiger partial charge in [0.1, 0.15) is 5.82 Å². The second-order valence-corrected chi connectivity index (χ2v) is 9.55. The summed E-state index contributed by atoms with van der Waals surface area (Å²) in [6, 6.07) is 3.38. The summed E-state index contributed by atoms with van der Waals surface area (Å²) in [5.41, 5.74) is -1.51. The summed E-state index contributed by atoms with van der Waals surface area (Å²) in [6.45, 7) is 8.01. The lowest BCUT2D eigenvalue weighted by atomic mass is 9.92. The van der Waals surface area contributed by atoms with Crippen LogP contribution >= 0.6 is 0 Å². The molecule has 1 N–H and O–H groups in total. The maximum absolute atomic E-state index is 15.4. The highest BCUT2D eigenvalue weighted by Gasteiger charge is 2.36. The van der Waals surface area contributed by atoms with E-state index in [0.717, 1.165) is 17.0 Å². The van der Waals surface area contributed by atoms with Crippen LogP contribution in [0.5, 0.6) is 5.75 Å². The highest BCUT2D eigenvalue weighted by atomic mass is 19.4. The Hall–Kier alpha value is -3.17. The Bertz CT molecular complexity index is 1140. The minimum Gasteiger partial charge on any atom is -0.476 e. The minimum atomic E-state index is -4.78. The SMILES string of the molecule is Cc1cc2c(c(F)c1NC(=O)CC(C)(C)C)OC(C)C(=O)N2Cc1cc(F)cc(C(F)(F)F)c1. The summed E-state index contributed by atoms with van der Waals surface area (Å²) in [5, 5.41) is 2.54. The van der Waals surface area contributed by atoms with Crippen molar-refractivity contribution in [2.75, 3.05) is 10.2 Å². The van der Waals surface area contributed by atoms with Crippen molar-refractivity contribution >= 4 is 23.2 Å². The van der Waals surface area contributed by atoms with E-state index < -0.39 is 47.8 Å². The van der Waals surface area contributed by atoms with Crippen molar-refractivity contribution in [1.29, 1.82) is 0 Å². The molecule has 1 unspecified atom stereocenters. The molecule has 0 bridgehead atoms. The van der Waals surface area contributed by atoms with Crippen molar-refractivity contribution in [2.24, 2.45) is 5.41 Å². The molecule has 2 aromatic rings. The molecule has 0 aliphatic carbocycles. The summed E-state index contributed by atoms with van der Waals surface area (Å²) >= 11 is 0. The van der Waals surface area contributed by atoms with Gasteiger partial charge in [0.2, 0.25) is 5.91 Å². The van der Waals surface area contributed by atoms with Gasteiger partial charge in [-0.25, -0.2) is 8.78 Å². The second kappa shape index (κ2) is 8.88. The van der Waals surface area contributed by atoms with E-state index >= 15 is 4.39 Å². The van der Waals surface area contributed by atoms with Crippen molar-refractivity contribution < 1.29 is 36.3 Å². The standard InChI is InChI=1S/C24H25F5N2O3/c1-12-6-17-21(19(26)20(12)30-18(32)10-23(3,4)5)34-13(2)22(33)31(17)11-14-7-15(24(27,28)29)9-16(25)8-14/h6-9,13H,10-11H2,1-5H3,(H,30,32). The molecular formula is C24H25F5N2O3. The van der Waals surface area contributed by atoms with Crippen molar-refractivity contribution in [3.8, 4) is 5.75 Å². The van der Waals surface area contributed by atoms with Crippen molar-refractivity contribution in [3.05, 3.63) is 52.6 Å². The third-order valence-corrected chi connectivity index (χ3v) is 5.18. The molecule has 1 atom stereocenters.